The Morgan fingerprint density at radius 1 is 1.11 bits per heavy atom. The number of ether oxygens (including phenoxy) is 2. The lowest BCUT2D eigenvalue weighted by Crippen LogP contribution is -2.33. The van der Waals surface area contributed by atoms with E-state index >= 15 is 0 Å². The molecule has 0 saturated carbocycles. The van der Waals surface area contributed by atoms with Crippen molar-refractivity contribution in [3.05, 3.63) is 48.0 Å². The monoisotopic (exact) mass is 395 g/mol. The standard InChI is InChI=1S/C19H25NO6S/c1-14-3-8-19(27(2,23)24)18(11-14)26-13-16(22)12-20-9-10-25-17-6-4-15(21)5-7-17/h3-8,11,16,20-22H,9-10,12-13H2,1-2H3. The van der Waals surface area contributed by atoms with Crippen LogP contribution in [0.25, 0.3) is 0 Å². The molecule has 0 spiro atoms. The Morgan fingerprint density at radius 2 is 1.81 bits per heavy atom. The van der Waals surface area contributed by atoms with Gasteiger partial charge >= 0.3 is 0 Å². The Kier molecular flexibility index (Phi) is 7.46. The van der Waals surface area contributed by atoms with E-state index in [1.807, 2.05) is 6.92 Å². The minimum atomic E-state index is -3.41. The smallest absolute Gasteiger partial charge is 0.179 e. The Hall–Kier alpha value is -2.29. The number of aliphatic hydroxyl groups excluding tert-OH is 1. The lowest BCUT2D eigenvalue weighted by molar-refractivity contribution is 0.104. The van der Waals surface area contributed by atoms with Gasteiger partial charge in [0.2, 0.25) is 0 Å². The molecular weight excluding hydrogens is 370 g/mol. The number of hydrogen-bond acceptors (Lipinski definition) is 7. The van der Waals surface area contributed by atoms with Crippen LogP contribution >= 0.6 is 0 Å². The molecule has 27 heavy (non-hydrogen) atoms. The van der Waals surface area contributed by atoms with Gasteiger partial charge in [0.15, 0.2) is 9.84 Å². The molecule has 0 heterocycles. The summed E-state index contributed by atoms with van der Waals surface area (Å²) >= 11 is 0. The number of aryl methyl sites for hydroxylation is 1. The van der Waals surface area contributed by atoms with Crippen LogP contribution in [0.5, 0.6) is 17.2 Å². The van der Waals surface area contributed by atoms with Crippen LogP contribution in [0, 0.1) is 6.92 Å². The number of rotatable bonds is 10. The molecule has 2 aromatic rings. The molecule has 0 aliphatic carbocycles. The number of phenols is 1. The van der Waals surface area contributed by atoms with Crippen LogP contribution < -0.4 is 14.8 Å². The predicted molar refractivity (Wildman–Crippen MR) is 102 cm³/mol. The van der Waals surface area contributed by atoms with Crippen LogP contribution in [-0.4, -0.2) is 57.3 Å². The third-order valence-corrected chi connectivity index (χ3v) is 4.83. The lowest BCUT2D eigenvalue weighted by atomic mass is 10.2. The maximum atomic E-state index is 11.8. The average Bonchev–Trinajstić information content (AvgIpc) is 2.60. The molecule has 7 nitrogen and oxygen atoms in total. The first-order valence-electron chi connectivity index (χ1n) is 8.50. The van der Waals surface area contributed by atoms with Crippen molar-refractivity contribution in [1.29, 1.82) is 0 Å². The van der Waals surface area contributed by atoms with Gasteiger partial charge in [0.1, 0.15) is 41.5 Å². The molecule has 1 unspecified atom stereocenters. The number of hydrogen-bond donors (Lipinski definition) is 3. The Bertz CT molecular complexity index is 836. The zero-order chi connectivity index (χ0) is 19.9. The molecular formula is C19H25NO6S. The van der Waals surface area contributed by atoms with Crippen molar-refractivity contribution in [3.8, 4) is 17.2 Å². The van der Waals surface area contributed by atoms with E-state index < -0.39 is 15.9 Å². The van der Waals surface area contributed by atoms with Gasteiger partial charge < -0.3 is 25.0 Å². The van der Waals surface area contributed by atoms with E-state index in [1.165, 1.54) is 6.07 Å². The molecule has 2 aromatic carbocycles. The van der Waals surface area contributed by atoms with Crippen LogP contribution in [0.4, 0.5) is 0 Å². The summed E-state index contributed by atoms with van der Waals surface area (Å²) in [6.45, 7) is 2.99. The van der Waals surface area contributed by atoms with Gasteiger partial charge in [-0.3, -0.25) is 0 Å². The minimum absolute atomic E-state index is 0.0300. The van der Waals surface area contributed by atoms with Crippen LogP contribution in [-0.2, 0) is 9.84 Å². The van der Waals surface area contributed by atoms with Crippen molar-refractivity contribution in [2.45, 2.75) is 17.9 Å². The summed E-state index contributed by atoms with van der Waals surface area (Å²) in [6.07, 6.45) is 0.322. The number of sulfone groups is 1. The second kappa shape index (κ2) is 9.59. The maximum Gasteiger partial charge on any atom is 0.179 e. The van der Waals surface area contributed by atoms with E-state index in [9.17, 15) is 18.6 Å². The zero-order valence-electron chi connectivity index (χ0n) is 15.4. The molecule has 0 radical (unpaired) electrons. The van der Waals surface area contributed by atoms with Crippen molar-refractivity contribution in [2.24, 2.45) is 0 Å². The van der Waals surface area contributed by atoms with Gasteiger partial charge in [0.05, 0.1) is 0 Å². The highest BCUT2D eigenvalue weighted by molar-refractivity contribution is 7.90. The third-order valence-electron chi connectivity index (χ3n) is 3.69. The summed E-state index contributed by atoms with van der Waals surface area (Å²) in [6, 6.07) is 11.3. The fourth-order valence-corrected chi connectivity index (χ4v) is 3.13. The van der Waals surface area contributed by atoms with Gasteiger partial charge in [0, 0.05) is 19.3 Å². The van der Waals surface area contributed by atoms with Crippen LogP contribution in [0.2, 0.25) is 0 Å². The zero-order valence-corrected chi connectivity index (χ0v) is 16.2. The van der Waals surface area contributed by atoms with Gasteiger partial charge in [-0.15, -0.1) is 0 Å². The quantitative estimate of drug-likeness (QED) is 0.524. The summed E-state index contributed by atoms with van der Waals surface area (Å²) in [4.78, 5) is 0.107. The van der Waals surface area contributed by atoms with Crippen LogP contribution in [0.15, 0.2) is 47.4 Å². The van der Waals surface area contributed by atoms with Crippen LogP contribution in [0.3, 0.4) is 0 Å². The van der Waals surface area contributed by atoms with E-state index in [2.05, 4.69) is 5.32 Å². The van der Waals surface area contributed by atoms with Gasteiger partial charge in [-0.25, -0.2) is 8.42 Å². The van der Waals surface area contributed by atoms with E-state index in [4.69, 9.17) is 9.47 Å². The van der Waals surface area contributed by atoms with Crippen molar-refractivity contribution in [3.63, 3.8) is 0 Å². The van der Waals surface area contributed by atoms with Crippen molar-refractivity contribution < 1.29 is 28.1 Å². The number of phenolic OH excluding ortho intramolecular Hbond substituents is 1. The molecule has 2 rings (SSSR count). The maximum absolute atomic E-state index is 11.8. The summed E-state index contributed by atoms with van der Waals surface area (Å²) in [5.74, 6) is 1.06. The predicted octanol–water partition coefficient (Wildman–Crippen LogP) is 1.51. The normalized spacial score (nSPS) is 12.6. The van der Waals surface area contributed by atoms with E-state index in [0.717, 1.165) is 11.8 Å². The second-order valence-electron chi connectivity index (χ2n) is 6.23. The number of benzene rings is 2. The molecule has 148 valence electrons. The number of aliphatic hydroxyl groups is 1. The Balaban J connectivity index is 1.73. The first-order chi connectivity index (χ1) is 12.8. The minimum Gasteiger partial charge on any atom is -0.508 e. The molecule has 0 aromatic heterocycles. The Morgan fingerprint density at radius 3 is 2.48 bits per heavy atom. The average molecular weight is 395 g/mol. The van der Waals surface area contributed by atoms with Gasteiger partial charge in [0.25, 0.3) is 0 Å². The SMILES string of the molecule is Cc1ccc(S(C)(=O)=O)c(OCC(O)CNCCOc2ccc(O)cc2)c1. The molecule has 0 aliphatic rings. The highest BCUT2D eigenvalue weighted by Gasteiger charge is 2.15. The fourth-order valence-electron chi connectivity index (χ4n) is 2.33. The molecule has 0 saturated heterocycles. The molecule has 0 amide bonds. The molecule has 3 N–H and O–H groups in total. The van der Waals surface area contributed by atoms with Gasteiger partial charge in [-0.1, -0.05) is 6.07 Å². The van der Waals surface area contributed by atoms with Gasteiger partial charge in [-0.05, 0) is 48.9 Å². The summed E-state index contributed by atoms with van der Waals surface area (Å²) in [5, 5.41) is 22.2. The molecule has 0 bridgehead atoms. The summed E-state index contributed by atoms with van der Waals surface area (Å²) in [7, 11) is -3.41. The third kappa shape index (κ3) is 7.09. The number of nitrogens with one attached hydrogen (secondary N) is 1. The molecule has 1 atom stereocenters. The van der Waals surface area contributed by atoms with Crippen molar-refractivity contribution in [2.75, 3.05) is 32.6 Å². The largest absolute Gasteiger partial charge is 0.508 e. The Labute approximate surface area is 159 Å². The van der Waals surface area contributed by atoms with Crippen LogP contribution in [0.1, 0.15) is 5.56 Å². The number of aromatic hydroxyl groups is 1. The summed E-state index contributed by atoms with van der Waals surface area (Å²) < 4.78 is 34.6. The van der Waals surface area contributed by atoms with E-state index in [1.54, 1.807) is 36.4 Å². The second-order valence-corrected chi connectivity index (χ2v) is 8.22. The highest BCUT2D eigenvalue weighted by Crippen LogP contribution is 2.25. The topological polar surface area (TPSA) is 105 Å². The first kappa shape index (κ1) is 21.0. The van der Waals surface area contributed by atoms with E-state index in [0.29, 0.717) is 18.9 Å². The molecule has 0 fully saturated rings. The van der Waals surface area contributed by atoms with E-state index in [-0.39, 0.29) is 29.5 Å². The van der Waals surface area contributed by atoms with Crippen molar-refractivity contribution in [1.82, 2.24) is 5.32 Å². The van der Waals surface area contributed by atoms with Gasteiger partial charge in [-0.2, -0.15) is 0 Å². The highest BCUT2D eigenvalue weighted by atomic mass is 32.2. The molecule has 8 heteroatoms. The summed E-state index contributed by atoms with van der Waals surface area (Å²) in [5.41, 5.74) is 0.872. The molecule has 0 aliphatic heterocycles. The fraction of sp³-hybridized carbons (Fsp3) is 0.368. The first-order valence-corrected chi connectivity index (χ1v) is 10.4. The van der Waals surface area contributed by atoms with Crippen molar-refractivity contribution >= 4 is 9.84 Å². The lowest BCUT2D eigenvalue weighted by Gasteiger charge is -2.15.